The highest BCUT2D eigenvalue weighted by Crippen LogP contribution is 2.38. The fourth-order valence-electron chi connectivity index (χ4n) is 8.19. The van der Waals surface area contributed by atoms with Crippen LogP contribution >= 0.6 is 0 Å². The van der Waals surface area contributed by atoms with E-state index in [0.29, 0.717) is 0 Å². The van der Waals surface area contributed by atoms with Crippen molar-refractivity contribution in [1.29, 1.82) is 0 Å². The summed E-state index contributed by atoms with van der Waals surface area (Å²) in [6, 6.07) is 74.3. The molecule has 0 amide bonds. The molecule has 0 unspecified atom stereocenters. The Morgan fingerprint density at radius 2 is 0.789 bits per heavy atom. The number of allylic oxidation sites excluding steroid dienone is 6. The first-order valence-electron chi connectivity index (χ1n) is 19.6. The minimum absolute atomic E-state index is 0.877. The molecule has 0 atom stereocenters. The number of rotatable bonds is 8. The van der Waals surface area contributed by atoms with Crippen molar-refractivity contribution >= 4 is 50.0 Å². The second-order valence-corrected chi connectivity index (χ2v) is 14.5. The van der Waals surface area contributed by atoms with Crippen LogP contribution in [-0.4, -0.2) is 4.57 Å². The topological polar surface area (TPSA) is 8.17 Å². The van der Waals surface area contributed by atoms with Crippen LogP contribution in [0, 0.1) is 0 Å². The van der Waals surface area contributed by atoms with Gasteiger partial charge in [-0.05, 0) is 112 Å². The van der Waals surface area contributed by atoms with Gasteiger partial charge >= 0.3 is 0 Å². The van der Waals surface area contributed by atoms with Crippen LogP contribution in [0.25, 0.3) is 60.9 Å². The van der Waals surface area contributed by atoms with E-state index in [1.54, 1.807) is 0 Å². The molecular formula is C55H40N2. The predicted molar refractivity (Wildman–Crippen MR) is 242 cm³/mol. The Bertz CT molecular complexity index is 2860. The molecule has 8 aromatic carbocycles. The lowest BCUT2D eigenvalue weighted by Gasteiger charge is -2.26. The minimum atomic E-state index is 0.877. The monoisotopic (exact) mass is 728 g/mol. The number of nitrogens with zero attached hydrogens (tertiary/aromatic N) is 2. The average molecular weight is 729 g/mol. The van der Waals surface area contributed by atoms with Crippen LogP contribution in [0.4, 0.5) is 17.1 Å². The predicted octanol–water partition coefficient (Wildman–Crippen LogP) is 15.0. The smallest absolute Gasteiger partial charge is 0.0541 e. The van der Waals surface area contributed by atoms with Crippen molar-refractivity contribution in [2.75, 3.05) is 4.90 Å². The fraction of sp³-hybridized carbons (Fsp3) is 0.0182. The van der Waals surface area contributed by atoms with Crippen LogP contribution in [0.2, 0.25) is 0 Å². The SMILES string of the molecule is C1=CC(c2ccccc2)=CCC(c2ccc(N(c3ccc(-c4ccccc4)cc3)c3ccc(-c4ccc(-n5c6ccccc6c6ccccc65)cc4)cc3)cc2)=C1. The largest absolute Gasteiger partial charge is 0.311 e. The maximum Gasteiger partial charge on any atom is 0.0541 e. The summed E-state index contributed by atoms with van der Waals surface area (Å²) >= 11 is 0. The van der Waals surface area contributed by atoms with Crippen LogP contribution in [0.1, 0.15) is 17.5 Å². The average Bonchev–Trinajstić information content (AvgIpc) is 3.42. The van der Waals surface area contributed by atoms with Gasteiger partial charge in [0.1, 0.15) is 0 Å². The molecule has 0 saturated heterocycles. The summed E-state index contributed by atoms with van der Waals surface area (Å²) in [4.78, 5) is 2.35. The van der Waals surface area contributed by atoms with E-state index in [9.17, 15) is 0 Å². The van der Waals surface area contributed by atoms with Gasteiger partial charge in [0.15, 0.2) is 0 Å². The molecule has 1 heterocycles. The van der Waals surface area contributed by atoms with Crippen LogP contribution < -0.4 is 4.90 Å². The molecule has 0 aliphatic heterocycles. The maximum atomic E-state index is 2.37. The quantitative estimate of drug-likeness (QED) is 0.151. The molecule has 0 spiro atoms. The van der Waals surface area contributed by atoms with Crippen molar-refractivity contribution in [3.63, 3.8) is 0 Å². The number of fused-ring (bicyclic) bond motifs is 3. The van der Waals surface area contributed by atoms with Crippen molar-refractivity contribution < 1.29 is 0 Å². The van der Waals surface area contributed by atoms with Gasteiger partial charge in [-0.3, -0.25) is 0 Å². The first kappa shape index (κ1) is 34.1. The lowest BCUT2D eigenvalue weighted by molar-refractivity contribution is 1.18. The Labute approximate surface area is 334 Å². The number of aromatic nitrogens is 1. The van der Waals surface area contributed by atoms with Crippen molar-refractivity contribution in [2.45, 2.75) is 6.42 Å². The van der Waals surface area contributed by atoms with E-state index in [-0.39, 0.29) is 0 Å². The Kier molecular flexibility index (Phi) is 8.98. The Balaban J connectivity index is 0.959. The molecule has 2 heteroatoms. The highest BCUT2D eigenvalue weighted by atomic mass is 15.1. The van der Waals surface area contributed by atoms with Crippen molar-refractivity contribution in [3.05, 3.63) is 242 Å². The van der Waals surface area contributed by atoms with E-state index < -0.39 is 0 Å². The number of para-hydroxylation sites is 2. The fourth-order valence-corrected chi connectivity index (χ4v) is 8.19. The van der Waals surface area contributed by atoms with E-state index in [2.05, 4.69) is 240 Å². The molecule has 10 rings (SSSR count). The van der Waals surface area contributed by atoms with Crippen molar-refractivity contribution in [2.24, 2.45) is 0 Å². The van der Waals surface area contributed by atoms with Gasteiger partial charge in [-0.25, -0.2) is 0 Å². The van der Waals surface area contributed by atoms with Gasteiger partial charge in [0.05, 0.1) is 11.0 Å². The van der Waals surface area contributed by atoms with E-state index in [0.717, 1.165) is 29.2 Å². The van der Waals surface area contributed by atoms with Gasteiger partial charge < -0.3 is 9.47 Å². The number of hydrogen-bond donors (Lipinski definition) is 0. The lowest BCUT2D eigenvalue weighted by Crippen LogP contribution is -2.10. The highest BCUT2D eigenvalue weighted by molar-refractivity contribution is 6.09. The summed E-state index contributed by atoms with van der Waals surface area (Å²) in [5, 5.41) is 2.55. The normalized spacial score (nSPS) is 12.6. The zero-order chi connectivity index (χ0) is 38.0. The van der Waals surface area contributed by atoms with E-state index >= 15 is 0 Å². The van der Waals surface area contributed by atoms with Crippen LogP contribution in [-0.2, 0) is 0 Å². The standard InChI is InChI=1S/C55H40N2/c1-3-12-40(13-4-1)42-16-11-17-43(23-22-42)45-26-34-49(35-27-45)56(48-32-24-44(25-33-48)41-14-5-2-6-15-41)50-36-28-46(29-37-50)47-30-38-51(39-31-47)57-54-20-9-7-18-52(54)53-19-8-10-21-55(53)57/h1-22,24-39H,23H2. The first-order chi connectivity index (χ1) is 28.3. The van der Waals surface area contributed by atoms with Gasteiger partial charge in [0.25, 0.3) is 0 Å². The summed E-state index contributed by atoms with van der Waals surface area (Å²) in [6.07, 6.45) is 9.84. The highest BCUT2D eigenvalue weighted by Gasteiger charge is 2.16. The molecule has 2 nitrogen and oxygen atoms in total. The van der Waals surface area contributed by atoms with Crippen LogP contribution in [0.3, 0.4) is 0 Å². The summed E-state index contributed by atoms with van der Waals surface area (Å²) < 4.78 is 2.37. The molecule has 0 fully saturated rings. The second kappa shape index (κ2) is 15.0. The Morgan fingerprint density at radius 3 is 1.32 bits per heavy atom. The third kappa shape index (κ3) is 6.68. The summed E-state index contributed by atoms with van der Waals surface area (Å²) in [5.74, 6) is 0. The summed E-state index contributed by atoms with van der Waals surface area (Å²) in [7, 11) is 0. The van der Waals surface area contributed by atoms with E-state index in [1.165, 1.54) is 66.3 Å². The third-order valence-corrected chi connectivity index (χ3v) is 11.1. The number of anilines is 3. The number of hydrogen-bond acceptors (Lipinski definition) is 1. The van der Waals surface area contributed by atoms with Gasteiger partial charge in [-0.1, -0.05) is 170 Å². The molecule has 1 aliphatic rings. The molecule has 0 bridgehead atoms. The molecule has 9 aromatic rings. The van der Waals surface area contributed by atoms with Gasteiger partial charge in [0.2, 0.25) is 0 Å². The molecule has 1 aromatic heterocycles. The first-order valence-corrected chi connectivity index (χ1v) is 19.6. The molecule has 270 valence electrons. The maximum absolute atomic E-state index is 2.37. The van der Waals surface area contributed by atoms with Gasteiger partial charge in [0, 0.05) is 33.5 Å². The molecule has 0 saturated carbocycles. The molecule has 0 N–H and O–H groups in total. The van der Waals surface area contributed by atoms with E-state index in [1.807, 2.05) is 0 Å². The molecule has 1 aliphatic carbocycles. The third-order valence-electron chi connectivity index (χ3n) is 11.1. The second-order valence-electron chi connectivity index (χ2n) is 14.5. The molecular weight excluding hydrogens is 689 g/mol. The summed E-state index contributed by atoms with van der Waals surface area (Å²) in [6.45, 7) is 0. The van der Waals surface area contributed by atoms with Crippen molar-refractivity contribution in [1.82, 2.24) is 4.57 Å². The van der Waals surface area contributed by atoms with Gasteiger partial charge in [-0.2, -0.15) is 0 Å². The Hall–Kier alpha value is -7.42. The molecule has 0 radical (unpaired) electrons. The lowest BCUT2D eigenvalue weighted by atomic mass is 10.00. The zero-order valence-electron chi connectivity index (χ0n) is 31.5. The van der Waals surface area contributed by atoms with Crippen molar-refractivity contribution in [3.8, 4) is 27.9 Å². The zero-order valence-corrected chi connectivity index (χ0v) is 31.5. The van der Waals surface area contributed by atoms with Gasteiger partial charge in [-0.15, -0.1) is 0 Å². The number of benzene rings is 8. The van der Waals surface area contributed by atoms with Crippen LogP contribution in [0.5, 0.6) is 0 Å². The minimum Gasteiger partial charge on any atom is -0.311 e. The molecule has 57 heavy (non-hydrogen) atoms. The van der Waals surface area contributed by atoms with Crippen LogP contribution in [0.15, 0.2) is 231 Å². The van der Waals surface area contributed by atoms with E-state index in [4.69, 9.17) is 0 Å². The Morgan fingerprint density at radius 1 is 0.368 bits per heavy atom. The summed E-state index contributed by atoms with van der Waals surface area (Å²) in [5.41, 5.74) is 16.7.